The number of anilines is 2. The highest BCUT2D eigenvalue weighted by Gasteiger charge is 2.25. The van der Waals surface area contributed by atoms with Crippen molar-refractivity contribution in [3.05, 3.63) is 53.7 Å². The maximum absolute atomic E-state index is 14.1. The number of hydrogen-bond donors (Lipinski definition) is 2. The first-order valence-electron chi connectivity index (χ1n) is 9.83. The average molecular weight is 402 g/mol. The second kappa shape index (κ2) is 9.54. The highest BCUT2D eigenvalue weighted by atomic mass is 19.1. The minimum atomic E-state index is -0.560. The van der Waals surface area contributed by atoms with Crippen LogP contribution in [0.3, 0.4) is 0 Å². The van der Waals surface area contributed by atoms with Crippen LogP contribution in [0.4, 0.5) is 20.3 Å². The number of guanidine groups is 1. The van der Waals surface area contributed by atoms with E-state index in [9.17, 15) is 8.78 Å². The van der Waals surface area contributed by atoms with Crippen molar-refractivity contribution in [3.63, 3.8) is 0 Å². The van der Waals surface area contributed by atoms with Crippen molar-refractivity contribution in [2.75, 3.05) is 43.5 Å². The standard InChI is InChI=1S/C21H28F2N6/c1-4-24-21(26-13-15-7-9-25-20(11-15)28(2)3)27-17-8-10-29(14-17)19-6-5-16(22)12-18(19)23/h5-7,9,11-12,17H,4,8,10,13-14H2,1-3H3,(H2,24,26,27). The molecule has 0 spiro atoms. The van der Waals surface area contributed by atoms with Crippen molar-refractivity contribution in [2.24, 2.45) is 4.99 Å². The van der Waals surface area contributed by atoms with Crippen LogP contribution >= 0.6 is 0 Å². The maximum atomic E-state index is 14.1. The van der Waals surface area contributed by atoms with Crippen molar-refractivity contribution in [2.45, 2.75) is 25.9 Å². The molecule has 0 amide bonds. The zero-order valence-corrected chi connectivity index (χ0v) is 17.1. The fourth-order valence-corrected chi connectivity index (χ4v) is 3.32. The third kappa shape index (κ3) is 5.56. The molecule has 2 aromatic rings. The Morgan fingerprint density at radius 2 is 2.10 bits per heavy atom. The Labute approximate surface area is 170 Å². The number of benzene rings is 1. The summed E-state index contributed by atoms with van der Waals surface area (Å²) in [5.41, 5.74) is 1.51. The Morgan fingerprint density at radius 3 is 2.83 bits per heavy atom. The van der Waals surface area contributed by atoms with Crippen LogP contribution in [0, 0.1) is 11.6 Å². The first-order chi connectivity index (χ1) is 14.0. The number of aromatic nitrogens is 1. The van der Waals surface area contributed by atoms with E-state index in [-0.39, 0.29) is 6.04 Å². The van der Waals surface area contributed by atoms with E-state index in [1.54, 1.807) is 6.20 Å². The summed E-state index contributed by atoms with van der Waals surface area (Å²) in [6.45, 7) is 4.63. The van der Waals surface area contributed by atoms with E-state index in [0.717, 1.165) is 36.4 Å². The molecule has 3 rings (SSSR count). The van der Waals surface area contributed by atoms with E-state index >= 15 is 0 Å². The summed E-state index contributed by atoms with van der Waals surface area (Å²) in [7, 11) is 3.91. The topological polar surface area (TPSA) is 55.8 Å². The summed E-state index contributed by atoms with van der Waals surface area (Å²) in [6.07, 6.45) is 2.63. The Hall–Kier alpha value is -2.90. The van der Waals surface area contributed by atoms with Crippen molar-refractivity contribution in [3.8, 4) is 0 Å². The lowest BCUT2D eigenvalue weighted by Gasteiger charge is -2.21. The third-order valence-electron chi connectivity index (χ3n) is 4.81. The molecule has 1 unspecified atom stereocenters. The minimum absolute atomic E-state index is 0.132. The van der Waals surface area contributed by atoms with Crippen LogP contribution in [0.2, 0.25) is 0 Å². The largest absolute Gasteiger partial charge is 0.367 e. The molecule has 0 bridgehead atoms. The van der Waals surface area contributed by atoms with Gasteiger partial charge in [-0.2, -0.15) is 0 Å². The number of aliphatic imine (C=N–C) groups is 1. The molecule has 2 heterocycles. The van der Waals surface area contributed by atoms with Crippen molar-refractivity contribution in [1.82, 2.24) is 15.6 Å². The number of hydrogen-bond acceptors (Lipinski definition) is 4. The van der Waals surface area contributed by atoms with Crippen LogP contribution in [0.15, 0.2) is 41.5 Å². The monoisotopic (exact) mass is 402 g/mol. The van der Waals surface area contributed by atoms with Gasteiger partial charge >= 0.3 is 0 Å². The summed E-state index contributed by atoms with van der Waals surface area (Å²) in [4.78, 5) is 12.9. The normalized spacial score (nSPS) is 16.8. The van der Waals surface area contributed by atoms with Crippen LogP contribution < -0.4 is 20.4 Å². The number of halogens is 2. The fourth-order valence-electron chi connectivity index (χ4n) is 3.32. The molecule has 0 saturated carbocycles. The zero-order chi connectivity index (χ0) is 20.8. The van der Waals surface area contributed by atoms with Gasteiger partial charge in [-0.15, -0.1) is 0 Å². The molecular formula is C21H28F2N6. The first-order valence-corrected chi connectivity index (χ1v) is 9.83. The minimum Gasteiger partial charge on any atom is -0.367 e. The molecular weight excluding hydrogens is 374 g/mol. The molecule has 1 aliphatic heterocycles. The van der Waals surface area contributed by atoms with Gasteiger partial charge < -0.3 is 20.4 Å². The van der Waals surface area contributed by atoms with Gasteiger partial charge in [0, 0.05) is 52.0 Å². The van der Waals surface area contributed by atoms with E-state index < -0.39 is 11.6 Å². The molecule has 1 aromatic heterocycles. The summed E-state index contributed by atoms with van der Waals surface area (Å²) in [5.74, 6) is 0.529. The fraction of sp³-hybridized carbons (Fsp3) is 0.429. The molecule has 1 aromatic carbocycles. The van der Waals surface area contributed by atoms with Gasteiger partial charge in [-0.05, 0) is 43.2 Å². The summed E-state index contributed by atoms with van der Waals surface area (Å²) in [6, 6.07) is 7.82. The quantitative estimate of drug-likeness (QED) is 0.575. The number of pyridine rings is 1. The molecule has 0 radical (unpaired) electrons. The maximum Gasteiger partial charge on any atom is 0.191 e. The van der Waals surface area contributed by atoms with Crippen LogP contribution in [-0.4, -0.2) is 50.7 Å². The predicted octanol–water partition coefficient (Wildman–Crippen LogP) is 2.76. The molecule has 1 fully saturated rings. The summed E-state index contributed by atoms with van der Waals surface area (Å²) in [5, 5.41) is 6.69. The lowest BCUT2D eigenvalue weighted by molar-refractivity contribution is 0.580. The van der Waals surface area contributed by atoms with Crippen LogP contribution in [0.5, 0.6) is 0 Å². The Bertz CT molecular complexity index is 855. The van der Waals surface area contributed by atoms with Gasteiger partial charge in [-0.25, -0.2) is 18.8 Å². The van der Waals surface area contributed by atoms with E-state index in [4.69, 9.17) is 0 Å². The molecule has 29 heavy (non-hydrogen) atoms. The number of rotatable bonds is 6. The van der Waals surface area contributed by atoms with Crippen molar-refractivity contribution in [1.29, 1.82) is 0 Å². The van der Waals surface area contributed by atoms with Crippen LogP contribution in [0.1, 0.15) is 18.9 Å². The van der Waals surface area contributed by atoms with Gasteiger partial charge in [0.25, 0.3) is 0 Å². The Balaban J connectivity index is 1.63. The molecule has 0 aliphatic carbocycles. The molecule has 156 valence electrons. The molecule has 8 heteroatoms. The van der Waals surface area contributed by atoms with Gasteiger partial charge in [0.05, 0.1) is 12.2 Å². The average Bonchev–Trinajstić information content (AvgIpc) is 3.14. The lowest BCUT2D eigenvalue weighted by Crippen LogP contribution is -2.44. The van der Waals surface area contributed by atoms with Crippen molar-refractivity contribution < 1.29 is 8.78 Å². The molecule has 1 aliphatic rings. The van der Waals surface area contributed by atoms with E-state index in [0.29, 0.717) is 25.3 Å². The van der Waals surface area contributed by atoms with Crippen LogP contribution in [0.25, 0.3) is 0 Å². The predicted molar refractivity (Wildman–Crippen MR) is 113 cm³/mol. The molecule has 1 saturated heterocycles. The second-order valence-electron chi connectivity index (χ2n) is 7.28. The molecule has 6 nitrogen and oxygen atoms in total. The zero-order valence-electron chi connectivity index (χ0n) is 17.1. The molecule has 1 atom stereocenters. The SMILES string of the molecule is CCNC(=NCc1ccnc(N(C)C)c1)NC1CCN(c2ccc(F)cc2F)C1. The van der Waals surface area contributed by atoms with Gasteiger partial charge in [0.2, 0.25) is 0 Å². The Morgan fingerprint density at radius 1 is 1.28 bits per heavy atom. The van der Waals surface area contributed by atoms with Gasteiger partial charge in [0.15, 0.2) is 5.96 Å². The third-order valence-corrected chi connectivity index (χ3v) is 4.81. The van der Waals surface area contributed by atoms with E-state index in [2.05, 4.69) is 20.6 Å². The number of nitrogens with one attached hydrogen (secondary N) is 2. The van der Waals surface area contributed by atoms with Crippen molar-refractivity contribution >= 4 is 17.5 Å². The second-order valence-corrected chi connectivity index (χ2v) is 7.28. The first kappa shape index (κ1) is 20.8. The highest BCUT2D eigenvalue weighted by molar-refractivity contribution is 5.80. The van der Waals surface area contributed by atoms with Gasteiger partial charge in [0.1, 0.15) is 17.5 Å². The lowest BCUT2D eigenvalue weighted by atomic mass is 10.2. The highest BCUT2D eigenvalue weighted by Crippen LogP contribution is 2.24. The summed E-state index contributed by atoms with van der Waals surface area (Å²) < 4.78 is 27.2. The van der Waals surface area contributed by atoms with Gasteiger partial charge in [-0.1, -0.05) is 0 Å². The smallest absolute Gasteiger partial charge is 0.191 e. The van der Waals surface area contributed by atoms with E-state index in [1.165, 1.54) is 12.1 Å². The molecule has 2 N–H and O–H groups in total. The number of nitrogens with zero attached hydrogens (tertiary/aromatic N) is 4. The van der Waals surface area contributed by atoms with E-state index in [1.807, 2.05) is 43.0 Å². The summed E-state index contributed by atoms with van der Waals surface area (Å²) >= 11 is 0. The van der Waals surface area contributed by atoms with Crippen LogP contribution in [-0.2, 0) is 6.54 Å². The Kier molecular flexibility index (Phi) is 6.85. The van der Waals surface area contributed by atoms with Gasteiger partial charge in [-0.3, -0.25) is 0 Å².